The fourth-order valence-corrected chi connectivity index (χ4v) is 1.83. The number of amides is 1. The number of anilines is 2. The minimum absolute atomic E-state index is 0.190. The predicted octanol–water partition coefficient (Wildman–Crippen LogP) is 3.40. The van der Waals surface area contributed by atoms with Gasteiger partial charge in [-0.1, -0.05) is 24.9 Å². The van der Waals surface area contributed by atoms with Crippen molar-refractivity contribution in [3.63, 3.8) is 0 Å². The molecular weight excluding hydrogens is 288 g/mol. The average Bonchev–Trinajstić information content (AvgIpc) is 2.50. The van der Waals surface area contributed by atoms with Crippen molar-refractivity contribution in [3.05, 3.63) is 47.4 Å². The van der Waals surface area contributed by atoms with E-state index in [9.17, 15) is 4.79 Å². The van der Waals surface area contributed by atoms with Gasteiger partial charge in [0, 0.05) is 23.3 Å². The molecule has 110 valence electrons. The largest absolute Gasteiger partial charge is 0.351 e. The molecule has 5 nitrogen and oxygen atoms in total. The normalized spacial score (nSPS) is 10.2. The highest BCUT2D eigenvalue weighted by atomic mass is 35.5. The summed E-state index contributed by atoms with van der Waals surface area (Å²) >= 11 is 5.84. The SMILES string of the molecule is CCCCNC(=O)c1cc(Nc2ccc(Cl)cc2)ncn1. The van der Waals surface area contributed by atoms with Gasteiger partial charge in [0.1, 0.15) is 17.8 Å². The van der Waals surface area contributed by atoms with E-state index in [1.54, 1.807) is 18.2 Å². The van der Waals surface area contributed by atoms with E-state index >= 15 is 0 Å². The molecule has 6 heteroatoms. The summed E-state index contributed by atoms with van der Waals surface area (Å²) in [6.07, 6.45) is 3.35. The molecular formula is C15H17ClN4O. The van der Waals surface area contributed by atoms with E-state index in [4.69, 9.17) is 11.6 Å². The van der Waals surface area contributed by atoms with Crippen LogP contribution in [-0.2, 0) is 0 Å². The molecule has 0 aliphatic carbocycles. The van der Waals surface area contributed by atoms with Crippen LogP contribution in [0.15, 0.2) is 36.7 Å². The highest BCUT2D eigenvalue weighted by Gasteiger charge is 2.08. The zero-order valence-electron chi connectivity index (χ0n) is 11.8. The van der Waals surface area contributed by atoms with Crippen LogP contribution in [0.4, 0.5) is 11.5 Å². The van der Waals surface area contributed by atoms with Gasteiger partial charge in [-0.15, -0.1) is 0 Å². The molecule has 1 heterocycles. The van der Waals surface area contributed by atoms with E-state index in [1.165, 1.54) is 6.33 Å². The quantitative estimate of drug-likeness (QED) is 0.803. The minimum Gasteiger partial charge on any atom is -0.351 e. The Hall–Kier alpha value is -2.14. The Morgan fingerprint density at radius 3 is 2.71 bits per heavy atom. The standard InChI is InChI=1S/C15H17ClN4O/c1-2-3-8-17-15(21)13-9-14(19-10-18-13)20-12-6-4-11(16)5-7-12/h4-7,9-10H,2-3,8H2,1H3,(H,17,21)(H,18,19,20). The van der Waals surface area contributed by atoms with Gasteiger partial charge < -0.3 is 10.6 Å². The highest BCUT2D eigenvalue weighted by Crippen LogP contribution is 2.17. The van der Waals surface area contributed by atoms with Crippen LogP contribution in [0.5, 0.6) is 0 Å². The summed E-state index contributed by atoms with van der Waals surface area (Å²) in [5.74, 6) is 0.373. The summed E-state index contributed by atoms with van der Waals surface area (Å²) in [5, 5.41) is 6.59. The van der Waals surface area contributed by atoms with Crippen LogP contribution in [0.25, 0.3) is 0 Å². The molecule has 1 aromatic heterocycles. The smallest absolute Gasteiger partial charge is 0.270 e. The van der Waals surface area contributed by atoms with Gasteiger partial charge in [-0.05, 0) is 30.7 Å². The second-order valence-corrected chi connectivity index (χ2v) is 4.97. The molecule has 0 aliphatic heterocycles. The number of aromatic nitrogens is 2. The summed E-state index contributed by atoms with van der Waals surface area (Å²) in [5.41, 5.74) is 1.19. The lowest BCUT2D eigenvalue weighted by Gasteiger charge is -2.07. The van der Waals surface area contributed by atoms with Crippen molar-refractivity contribution in [1.29, 1.82) is 0 Å². The lowest BCUT2D eigenvalue weighted by molar-refractivity contribution is 0.0948. The number of hydrogen-bond acceptors (Lipinski definition) is 4. The maximum absolute atomic E-state index is 11.9. The molecule has 0 saturated heterocycles. The number of hydrogen-bond donors (Lipinski definition) is 2. The van der Waals surface area contributed by atoms with Crippen molar-refractivity contribution in [2.75, 3.05) is 11.9 Å². The Kier molecular flexibility index (Phi) is 5.51. The van der Waals surface area contributed by atoms with Gasteiger partial charge in [-0.3, -0.25) is 4.79 Å². The second kappa shape index (κ2) is 7.59. The first-order valence-corrected chi connectivity index (χ1v) is 7.19. The van der Waals surface area contributed by atoms with Gasteiger partial charge in [-0.25, -0.2) is 9.97 Å². The Morgan fingerprint density at radius 2 is 2.00 bits per heavy atom. The van der Waals surface area contributed by atoms with Gasteiger partial charge in [0.15, 0.2) is 0 Å². The maximum atomic E-state index is 11.9. The Balaban J connectivity index is 2.03. The number of carbonyl (C=O) groups excluding carboxylic acids is 1. The molecule has 21 heavy (non-hydrogen) atoms. The van der Waals surface area contributed by atoms with Crippen molar-refractivity contribution >= 4 is 29.0 Å². The number of rotatable bonds is 6. The third-order valence-corrected chi connectivity index (χ3v) is 3.08. The molecule has 0 bridgehead atoms. The van der Waals surface area contributed by atoms with Crippen molar-refractivity contribution < 1.29 is 4.79 Å². The fraction of sp³-hybridized carbons (Fsp3) is 0.267. The molecule has 0 atom stereocenters. The van der Waals surface area contributed by atoms with Gasteiger partial charge in [0.2, 0.25) is 0 Å². The molecule has 0 unspecified atom stereocenters. The summed E-state index contributed by atoms with van der Waals surface area (Å²) in [6, 6.07) is 8.86. The van der Waals surface area contributed by atoms with Crippen molar-refractivity contribution in [1.82, 2.24) is 15.3 Å². The van der Waals surface area contributed by atoms with Gasteiger partial charge in [0.05, 0.1) is 0 Å². The number of nitrogens with zero attached hydrogens (tertiary/aromatic N) is 2. The van der Waals surface area contributed by atoms with Crippen LogP contribution in [0.1, 0.15) is 30.3 Å². The Bertz CT molecular complexity index is 601. The van der Waals surface area contributed by atoms with Crippen molar-refractivity contribution in [3.8, 4) is 0 Å². The number of halogens is 1. The number of carbonyl (C=O) groups is 1. The molecule has 0 fully saturated rings. The molecule has 0 aliphatic rings. The molecule has 0 saturated carbocycles. The van der Waals surface area contributed by atoms with Gasteiger partial charge in [0.25, 0.3) is 5.91 Å². The molecule has 0 radical (unpaired) electrons. The van der Waals surface area contributed by atoms with E-state index < -0.39 is 0 Å². The van der Waals surface area contributed by atoms with Crippen molar-refractivity contribution in [2.45, 2.75) is 19.8 Å². The van der Waals surface area contributed by atoms with Crippen LogP contribution < -0.4 is 10.6 Å². The van der Waals surface area contributed by atoms with Gasteiger partial charge in [-0.2, -0.15) is 0 Å². The second-order valence-electron chi connectivity index (χ2n) is 4.53. The molecule has 1 amide bonds. The molecule has 2 N–H and O–H groups in total. The minimum atomic E-state index is -0.190. The monoisotopic (exact) mass is 304 g/mol. The van der Waals surface area contributed by atoms with E-state index in [1.807, 2.05) is 12.1 Å². The first kappa shape index (κ1) is 15.3. The third kappa shape index (κ3) is 4.72. The van der Waals surface area contributed by atoms with E-state index in [2.05, 4.69) is 27.5 Å². The molecule has 2 aromatic rings. The molecule has 1 aromatic carbocycles. The molecule has 0 spiro atoms. The van der Waals surface area contributed by atoms with E-state index in [0.717, 1.165) is 18.5 Å². The molecule has 2 rings (SSSR count). The van der Waals surface area contributed by atoms with Crippen LogP contribution in [0.3, 0.4) is 0 Å². The van der Waals surface area contributed by atoms with Crippen molar-refractivity contribution in [2.24, 2.45) is 0 Å². The maximum Gasteiger partial charge on any atom is 0.270 e. The zero-order valence-corrected chi connectivity index (χ0v) is 12.5. The zero-order chi connectivity index (χ0) is 15.1. The van der Waals surface area contributed by atoms with E-state index in [0.29, 0.717) is 23.1 Å². The summed E-state index contributed by atoms with van der Waals surface area (Å²) in [4.78, 5) is 20.0. The fourth-order valence-electron chi connectivity index (χ4n) is 1.70. The first-order chi connectivity index (χ1) is 10.2. The lowest BCUT2D eigenvalue weighted by atomic mass is 10.3. The van der Waals surface area contributed by atoms with E-state index in [-0.39, 0.29) is 5.91 Å². The van der Waals surface area contributed by atoms with Crippen LogP contribution in [-0.4, -0.2) is 22.4 Å². The first-order valence-electron chi connectivity index (χ1n) is 6.82. The average molecular weight is 305 g/mol. The van der Waals surface area contributed by atoms with Crippen LogP contribution in [0.2, 0.25) is 5.02 Å². The number of nitrogens with one attached hydrogen (secondary N) is 2. The lowest BCUT2D eigenvalue weighted by Crippen LogP contribution is -2.25. The summed E-state index contributed by atoms with van der Waals surface area (Å²) < 4.78 is 0. The number of benzene rings is 1. The van der Waals surface area contributed by atoms with Gasteiger partial charge >= 0.3 is 0 Å². The van der Waals surface area contributed by atoms with Crippen LogP contribution >= 0.6 is 11.6 Å². The number of unbranched alkanes of at least 4 members (excludes halogenated alkanes) is 1. The topological polar surface area (TPSA) is 66.9 Å². The Morgan fingerprint density at radius 1 is 1.24 bits per heavy atom. The van der Waals surface area contributed by atoms with Crippen LogP contribution in [0, 0.1) is 0 Å². The Labute approximate surface area is 128 Å². The highest BCUT2D eigenvalue weighted by molar-refractivity contribution is 6.30. The predicted molar refractivity (Wildman–Crippen MR) is 84.0 cm³/mol. The summed E-state index contributed by atoms with van der Waals surface area (Å²) in [7, 11) is 0. The summed E-state index contributed by atoms with van der Waals surface area (Å²) in [6.45, 7) is 2.73. The third-order valence-electron chi connectivity index (χ3n) is 2.83.